The van der Waals surface area contributed by atoms with Gasteiger partial charge in [-0.25, -0.2) is 0 Å². The molecule has 0 nitrogen and oxygen atoms in total. The summed E-state index contributed by atoms with van der Waals surface area (Å²) in [5.74, 6) is 0. The molecule has 16 heavy (non-hydrogen) atoms. The Hall–Kier alpha value is -1.56. The minimum atomic E-state index is 1.25. The van der Waals surface area contributed by atoms with Crippen molar-refractivity contribution >= 4 is 16.3 Å². The van der Waals surface area contributed by atoms with Crippen LogP contribution in [-0.2, 0) is 0 Å². The molecule has 0 unspecified atom stereocenters. The van der Waals surface area contributed by atoms with Gasteiger partial charge in [-0.05, 0) is 53.7 Å². The predicted octanol–water partition coefficient (Wildman–Crippen LogP) is 4.80. The maximum atomic E-state index is 2.41. The fraction of sp³-hybridized carbons (Fsp3) is 0.250. The van der Waals surface area contributed by atoms with Crippen LogP contribution >= 0.6 is 0 Å². The zero-order chi connectivity index (χ0) is 10.8. The summed E-state index contributed by atoms with van der Waals surface area (Å²) >= 11 is 0. The molecule has 0 saturated carbocycles. The van der Waals surface area contributed by atoms with Crippen molar-refractivity contribution in [2.45, 2.75) is 25.7 Å². The third-order valence-electron chi connectivity index (χ3n) is 3.41. The van der Waals surface area contributed by atoms with Gasteiger partial charge in [0, 0.05) is 0 Å². The van der Waals surface area contributed by atoms with E-state index in [-0.39, 0.29) is 0 Å². The van der Waals surface area contributed by atoms with E-state index in [0.29, 0.717) is 0 Å². The Morgan fingerprint density at radius 2 is 1.69 bits per heavy atom. The number of allylic oxidation sites excluding steroid dienone is 2. The highest BCUT2D eigenvalue weighted by Crippen LogP contribution is 2.28. The van der Waals surface area contributed by atoms with Crippen LogP contribution in [-0.4, -0.2) is 0 Å². The summed E-state index contributed by atoms with van der Waals surface area (Å²) in [6, 6.07) is 15.4. The number of rotatable bonds is 1. The van der Waals surface area contributed by atoms with E-state index in [9.17, 15) is 0 Å². The Balaban J connectivity index is 2.07. The molecule has 2 aromatic rings. The van der Waals surface area contributed by atoms with Crippen molar-refractivity contribution in [2.24, 2.45) is 0 Å². The topological polar surface area (TPSA) is 0 Å². The first-order valence-electron chi connectivity index (χ1n) is 6.12. The lowest BCUT2D eigenvalue weighted by Crippen LogP contribution is -1.91. The van der Waals surface area contributed by atoms with E-state index < -0.39 is 0 Å². The molecule has 0 heterocycles. The van der Waals surface area contributed by atoms with Gasteiger partial charge in [-0.3, -0.25) is 0 Å². The molecule has 0 heteroatoms. The quantitative estimate of drug-likeness (QED) is 0.631. The highest BCUT2D eigenvalue weighted by molar-refractivity contribution is 5.86. The highest BCUT2D eigenvalue weighted by Gasteiger charge is 2.06. The van der Waals surface area contributed by atoms with Crippen LogP contribution in [0.4, 0.5) is 0 Å². The normalized spacial score (nSPS) is 16.1. The van der Waals surface area contributed by atoms with Gasteiger partial charge in [0.1, 0.15) is 0 Å². The van der Waals surface area contributed by atoms with E-state index in [1.54, 1.807) is 0 Å². The van der Waals surface area contributed by atoms with E-state index in [1.165, 1.54) is 47.6 Å². The minimum Gasteiger partial charge on any atom is -0.0807 e. The molecule has 1 aliphatic carbocycles. The summed E-state index contributed by atoms with van der Waals surface area (Å²) in [7, 11) is 0. The Morgan fingerprint density at radius 3 is 2.50 bits per heavy atom. The zero-order valence-electron chi connectivity index (χ0n) is 9.45. The van der Waals surface area contributed by atoms with Gasteiger partial charge in [0.25, 0.3) is 0 Å². The van der Waals surface area contributed by atoms with Gasteiger partial charge in [-0.15, -0.1) is 0 Å². The molecule has 0 fully saturated rings. The lowest BCUT2D eigenvalue weighted by atomic mass is 9.92. The molecule has 3 rings (SSSR count). The Kier molecular flexibility index (Phi) is 2.49. The summed E-state index contributed by atoms with van der Waals surface area (Å²) in [6.45, 7) is 0. The summed E-state index contributed by atoms with van der Waals surface area (Å²) < 4.78 is 0. The average Bonchev–Trinajstić information content (AvgIpc) is 2.39. The average molecular weight is 208 g/mol. The van der Waals surface area contributed by atoms with Crippen molar-refractivity contribution in [3.8, 4) is 0 Å². The van der Waals surface area contributed by atoms with Crippen LogP contribution in [0, 0.1) is 0 Å². The maximum Gasteiger partial charge on any atom is -0.0178 e. The molecule has 0 radical (unpaired) electrons. The molecular weight excluding hydrogens is 192 g/mol. The smallest absolute Gasteiger partial charge is 0.0178 e. The van der Waals surface area contributed by atoms with Crippen molar-refractivity contribution in [1.29, 1.82) is 0 Å². The first kappa shape index (κ1) is 9.65. The van der Waals surface area contributed by atoms with Crippen molar-refractivity contribution in [1.82, 2.24) is 0 Å². The molecule has 0 spiro atoms. The van der Waals surface area contributed by atoms with Crippen LogP contribution in [0.1, 0.15) is 31.2 Å². The number of fused-ring (bicyclic) bond motifs is 1. The van der Waals surface area contributed by atoms with Crippen LogP contribution in [0.3, 0.4) is 0 Å². The number of hydrogen-bond acceptors (Lipinski definition) is 0. The lowest BCUT2D eigenvalue weighted by molar-refractivity contribution is 0.742. The molecular formula is C16H16. The van der Waals surface area contributed by atoms with Crippen LogP contribution < -0.4 is 0 Å². The lowest BCUT2D eigenvalue weighted by Gasteiger charge is -2.13. The molecule has 2 aromatic carbocycles. The van der Waals surface area contributed by atoms with Gasteiger partial charge >= 0.3 is 0 Å². The van der Waals surface area contributed by atoms with Crippen LogP contribution in [0.2, 0.25) is 0 Å². The third-order valence-corrected chi connectivity index (χ3v) is 3.41. The van der Waals surface area contributed by atoms with Crippen molar-refractivity contribution in [3.63, 3.8) is 0 Å². The monoisotopic (exact) mass is 208 g/mol. The molecule has 0 atom stereocenters. The highest BCUT2D eigenvalue weighted by atomic mass is 14.1. The molecule has 0 bridgehead atoms. The molecule has 0 saturated heterocycles. The second-order valence-electron chi connectivity index (χ2n) is 4.54. The van der Waals surface area contributed by atoms with Crippen molar-refractivity contribution in [2.75, 3.05) is 0 Å². The molecule has 0 aliphatic heterocycles. The largest absolute Gasteiger partial charge is 0.0807 e. The Morgan fingerprint density at radius 1 is 0.812 bits per heavy atom. The standard InChI is InChI=1S/C16H16/c1-2-6-13(7-3-1)16-11-10-14-8-4-5-9-15(14)12-16/h4-6,8-12H,1-3,7H2. The Labute approximate surface area is 96.6 Å². The van der Waals surface area contributed by atoms with Gasteiger partial charge in [-0.1, -0.05) is 42.5 Å². The first-order valence-corrected chi connectivity index (χ1v) is 6.12. The Bertz CT molecular complexity index is 534. The molecule has 0 N–H and O–H groups in total. The van der Waals surface area contributed by atoms with Crippen LogP contribution in [0.5, 0.6) is 0 Å². The summed E-state index contributed by atoms with van der Waals surface area (Å²) in [5, 5.41) is 2.69. The van der Waals surface area contributed by atoms with E-state index in [0.717, 1.165) is 0 Å². The molecule has 1 aliphatic rings. The number of benzene rings is 2. The van der Waals surface area contributed by atoms with Crippen molar-refractivity contribution < 1.29 is 0 Å². The second kappa shape index (κ2) is 4.13. The van der Waals surface area contributed by atoms with E-state index in [4.69, 9.17) is 0 Å². The first-order chi connectivity index (χ1) is 7.93. The van der Waals surface area contributed by atoms with E-state index in [1.807, 2.05) is 0 Å². The summed E-state index contributed by atoms with van der Waals surface area (Å²) in [6.07, 6.45) is 7.61. The van der Waals surface area contributed by atoms with Gasteiger partial charge < -0.3 is 0 Å². The molecule has 0 amide bonds. The molecule has 0 aromatic heterocycles. The van der Waals surface area contributed by atoms with Crippen LogP contribution in [0.15, 0.2) is 48.5 Å². The summed E-state index contributed by atoms with van der Waals surface area (Å²) in [5.41, 5.74) is 2.95. The van der Waals surface area contributed by atoms with Gasteiger partial charge in [-0.2, -0.15) is 0 Å². The predicted molar refractivity (Wildman–Crippen MR) is 70.4 cm³/mol. The van der Waals surface area contributed by atoms with Crippen molar-refractivity contribution in [3.05, 3.63) is 54.1 Å². The summed E-state index contributed by atoms with van der Waals surface area (Å²) in [4.78, 5) is 0. The van der Waals surface area contributed by atoms with E-state index in [2.05, 4.69) is 48.5 Å². The van der Waals surface area contributed by atoms with Gasteiger partial charge in [0.2, 0.25) is 0 Å². The second-order valence-corrected chi connectivity index (χ2v) is 4.54. The fourth-order valence-electron chi connectivity index (χ4n) is 2.49. The SMILES string of the molecule is C1=C(c2ccc3ccccc3c2)CCCC1. The maximum absolute atomic E-state index is 2.41. The molecule has 80 valence electrons. The van der Waals surface area contributed by atoms with Gasteiger partial charge in [0.15, 0.2) is 0 Å². The zero-order valence-corrected chi connectivity index (χ0v) is 9.45. The number of hydrogen-bond donors (Lipinski definition) is 0. The van der Waals surface area contributed by atoms with E-state index >= 15 is 0 Å². The third kappa shape index (κ3) is 1.76. The fourth-order valence-corrected chi connectivity index (χ4v) is 2.49. The minimum absolute atomic E-state index is 1.25. The van der Waals surface area contributed by atoms with Crippen LogP contribution in [0.25, 0.3) is 16.3 Å². The van der Waals surface area contributed by atoms with Gasteiger partial charge in [0.05, 0.1) is 0 Å².